The third kappa shape index (κ3) is 3.45. The maximum Gasteiger partial charge on any atom is 0.310 e. The number of aryl methyl sites for hydroxylation is 1. The normalized spacial score (nSPS) is 11.7. The number of carbonyl (C=O) groups is 1. The topological polar surface area (TPSA) is 111 Å². The van der Waals surface area contributed by atoms with Crippen LogP contribution in [0.3, 0.4) is 0 Å². The second-order valence-electron chi connectivity index (χ2n) is 5.91. The van der Waals surface area contributed by atoms with Crippen LogP contribution in [0.15, 0.2) is 49.9 Å². The van der Waals surface area contributed by atoms with E-state index >= 15 is 0 Å². The van der Waals surface area contributed by atoms with Gasteiger partial charge in [0.15, 0.2) is 5.65 Å². The van der Waals surface area contributed by atoms with Crippen molar-refractivity contribution in [3.05, 3.63) is 51.9 Å². The Balaban J connectivity index is 2.26. The molecule has 10 heteroatoms. The quantitative estimate of drug-likeness (QED) is 0.479. The SMILES string of the molecule is CCOC(=O)Cc1c(C)nc2c(S(=O)(=O)c3ccccc3)c(SC)[nH]n2c1=O. The number of hydrogen-bond acceptors (Lipinski definition) is 7. The van der Waals surface area contributed by atoms with E-state index in [1.807, 2.05) is 0 Å². The Morgan fingerprint density at radius 3 is 2.57 bits per heavy atom. The van der Waals surface area contributed by atoms with Gasteiger partial charge in [0, 0.05) is 5.69 Å². The number of thioether (sulfide) groups is 1. The molecule has 0 saturated carbocycles. The second-order valence-corrected chi connectivity index (χ2v) is 8.62. The molecule has 0 amide bonds. The van der Waals surface area contributed by atoms with Gasteiger partial charge in [-0.3, -0.25) is 14.7 Å². The average molecular weight is 422 g/mol. The van der Waals surface area contributed by atoms with E-state index in [2.05, 4.69) is 10.1 Å². The Hall–Kier alpha value is -2.59. The largest absolute Gasteiger partial charge is 0.466 e. The summed E-state index contributed by atoms with van der Waals surface area (Å²) in [4.78, 5) is 29.1. The van der Waals surface area contributed by atoms with Crippen LogP contribution in [-0.4, -0.2) is 41.8 Å². The van der Waals surface area contributed by atoms with Gasteiger partial charge in [-0.2, -0.15) is 4.52 Å². The summed E-state index contributed by atoms with van der Waals surface area (Å²) in [5, 5.41) is 3.10. The zero-order valence-electron chi connectivity index (χ0n) is 15.6. The summed E-state index contributed by atoms with van der Waals surface area (Å²) in [5.74, 6) is -0.543. The minimum absolute atomic E-state index is 0.00307. The van der Waals surface area contributed by atoms with Crippen molar-refractivity contribution in [3.8, 4) is 0 Å². The number of hydrogen-bond donors (Lipinski definition) is 1. The van der Waals surface area contributed by atoms with Crippen molar-refractivity contribution in [3.63, 3.8) is 0 Å². The van der Waals surface area contributed by atoms with Crippen LogP contribution in [0.25, 0.3) is 5.65 Å². The van der Waals surface area contributed by atoms with Crippen LogP contribution >= 0.6 is 11.8 Å². The van der Waals surface area contributed by atoms with Crippen LogP contribution in [0.2, 0.25) is 0 Å². The molecule has 0 spiro atoms. The van der Waals surface area contributed by atoms with Crippen molar-refractivity contribution in [1.29, 1.82) is 0 Å². The van der Waals surface area contributed by atoms with Gasteiger partial charge in [0.1, 0.15) is 9.92 Å². The molecular formula is C18H19N3O5S2. The molecule has 0 aliphatic carbocycles. The lowest BCUT2D eigenvalue weighted by Gasteiger charge is -2.07. The average Bonchev–Trinajstić information content (AvgIpc) is 3.05. The molecule has 28 heavy (non-hydrogen) atoms. The molecule has 0 atom stereocenters. The third-order valence-electron chi connectivity index (χ3n) is 4.16. The molecule has 2 aromatic heterocycles. The highest BCUT2D eigenvalue weighted by Gasteiger charge is 2.29. The van der Waals surface area contributed by atoms with Gasteiger partial charge in [0.2, 0.25) is 9.84 Å². The third-order valence-corrected chi connectivity index (χ3v) is 6.81. The molecule has 148 valence electrons. The summed E-state index contributed by atoms with van der Waals surface area (Å²) >= 11 is 1.16. The Morgan fingerprint density at radius 2 is 1.96 bits per heavy atom. The Morgan fingerprint density at radius 1 is 1.29 bits per heavy atom. The summed E-state index contributed by atoms with van der Waals surface area (Å²) in [6.45, 7) is 3.45. The van der Waals surface area contributed by atoms with E-state index in [1.165, 1.54) is 12.1 Å². The van der Waals surface area contributed by atoms with Crippen molar-refractivity contribution in [2.24, 2.45) is 0 Å². The fourth-order valence-electron chi connectivity index (χ4n) is 2.83. The van der Waals surface area contributed by atoms with Crippen molar-refractivity contribution < 1.29 is 17.9 Å². The number of benzene rings is 1. The first-order chi connectivity index (χ1) is 13.3. The molecule has 0 saturated heterocycles. The van der Waals surface area contributed by atoms with Crippen LogP contribution in [0.4, 0.5) is 0 Å². The van der Waals surface area contributed by atoms with Gasteiger partial charge in [-0.25, -0.2) is 13.4 Å². The molecule has 0 aliphatic heterocycles. The first kappa shape index (κ1) is 20.2. The van der Waals surface area contributed by atoms with E-state index in [1.54, 1.807) is 38.3 Å². The maximum atomic E-state index is 13.2. The molecule has 1 aromatic carbocycles. The van der Waals surface area contributed by atoms with Crippen LogP contribution in [0, 0.1) is 6.92 Å². The first-order valence-corrected chi connectivity index (χ1v) is 11.2. The van der Waals surface area contributed by atoms with Gasteiger partial charge in [0.25, 0.3) is 5.56 Å². The zero-order chi connectivity index (χ0) is 20.5. The van der Waals surface area contributed by atoms with Crippen molar-refractivity contribution in [2.75, 3.05) is 12.9 Å². The van der Waals surface area contributed by atoms with E-state index in [4.69, 9.17) is 4.74 Å². The molecule has 3 rings (SSSR count). The number of carbonyl (C=O) groups excluding carboxylic acids is 1. The van der Waals surface area contributed by atoms with E-state index < -0.39 is 21.4 Å². The van der Waals surface area contributed by atoms with Gasteiger partial charge >= 0.3 is 5.97 Å². The lowest BCUT2D eigenvalue weighted by atomic mass is 10.2. The smallest absolute Gasteiger partial charge is 0.310 e. The molecule has 0 bridgehead atoms. The van der Waals surface area contributed by atoms with Crippen LogP contribution in [-0.2, 0) is 25.8 Å². The summed E-state index contributed by atoms with van der Waals surface area (Å²) in [5.41, 5.74) is -0.0774. The number of H-pyrrole nitrogens is 1. The fourth-order valence-corrected chi connectivity index (χ4v) is 5.29. The molecule has 0 unspecified atom stereocenters. The summed E-state index contributed by atoms with van der Waals surface area (Å²) in [6.07, 6.45) is 1.47. The highest BCUT2D eigenvalue weighted by atomic mass is 32.2. The van der Waals surface area contributed by atoms with Crippen molar-refractivity contribution >= 4 is 33.2 Å². The van der Waals surface area contributed by atoms with Gasteiger partial charge in [-0.1, -0.05) is 18.2 Å². The minimum Gasteiger partial charge on any atom is -0.466 e. The number of aromatic amines is 1. The number of nitrogens with one attached hydrogen (secondary N) is 1. The lowest BCUT2D eigenvalue weighted by Crippen LogP contribution is -2.25. The highest BCUT2D eigenvalue weighted by molar-refractivity contribution is 7.99. The van der Waals surface area contributed by atoms with E-state index in [-0.39, 0.29) is 39.7 Å². The van der Waals surface area contributed by atoms with E-state index in [0.717, 1.165) is 16.3 Å². The predicted octanol–water partition coefficient (Wildman–Crippen LogP) is 1.99. The zero-order valence-corrected chi connectivity index (χ0v) is 17.2. The number of ether oxygens (including phenoxy) is 1. The lowest BCUT2D eigenvalue weighted by molar-refractivity contribution is -0.142. The summed E-state index contributed by atoms with van der Waals surface area (Å²) < 4.78 is 32.4. The molecule has 2 heterocycles. The van der Waals surface area contributed by atoms with Crippen molar-refractivity contribution in [2.45, 2.75) is 35.1 Å². The summed E-state index contributed by atoms with van der Waals surface area (Å²) in [6, 6.07) is 7.95. The molecular weight excluding hydrogens is 402 g/mol. The molecule has 0 aliphatic rings. The standard InChI is InChI=1S/C18H19N3O5S2/c1-4-26-14(22)10-13-11(2)19-16-15(17(27-3)20-21(16)18(13)23)28(24,25)12-8-6-5-7-9-12/h5-9,20H,4,10H2,1-3H3. The van der Waals surface area contributed by atoms with Crippen LogP contribution in [0.5, 0.6) is 0 Å². The van der Waals surface area contributed by atoms with Gasteiger partial charge in [-0.05, 0) is 32.2 Å². The van der Waals surface area contributed by atoms with Crippen LogP contribution < -0.4 is 5.56 Å². The minimum atomic E-state index is -3.91. The number of rotatable bonds is 6. The number of nitrogens with zero attached hydrogens (tertiary/aromatic N) is 2. The first-order valence-electron chi connectivity index (χ1n) is 8.45. The highest BCUT2D eigenvalue weighted by Crippen LogP contribution is 2.31. The van der Waals surface area contributed by atoms with Crippen LogP contribution in [0.1, 0.15) is 18.2 Å². The Bertz CT molecular complexity index is 1200. The van der Waals surface area contributed by atoms with Gasteiger partial charge in [-0.15, -0.1) is 11.8 Å². The van der Waals surface area contributed by atoms with Gasteiger partial charge in [0.05, 0.1) is 23.5 Å². The second kappa shape index (κ2) is 7.80. The molecule has 0 radical (unpaired) electrons. The van der Waals surface area contributed by atoms with Crippen molar-refractivity contribution in [1.82, 2.24) is 14.6 Å². The number of esters is 1. The summed E-state index contributed by atoms with van der Waals surface area (Å²) in [7, 11) is -3.91. The maximum absolute atomic E-state index is 13.2. The molecule has 8 nitrogen and oxygen atoms in total. The molecule has 1 N–H and O–H groups in total. The molecule has 3 aromatic rings. The Kier molecular flexibility index (Phi) is 5.61. The molecule has 0 fully saturated rings. The number of sulfone groups is 1. The number of aromatic nitrogens is 3. The number of fused-ring (bicyclic) bond motifs is 1. The fraction of sp³-hybridized carbons (Fsp3) is 0.278. The van der Waals surface area contributed by atoms with Gasteiger partial charge < -0.3 is 4.74 Å². The predicted molar refractivity (Wildman–Crippen MR) is 105 cm³/mol. The monoisotopic (exact) mass is 421 g/mol. The Labute approximate surface area is 165 Å². The van der Waals surface area contributed by atoms with E-state index in [9.17, 15) is 18.0 Å². The van der Waals surface area contributed by atoms with E-state index in [0.29, 0.717) is 5.03 Å².